The summed E-state index contributed by atoms with van der Waals surface area (Å²) in [6.07, 6.45) is 3.50. The summed E-state index contributed by atoms with van der Waals surface area (Å²) >= 11 is 6.24. The van der Waals surface area contributed by atoms with Crippen LogP contribution in [0.25, 0.3) is 6.08 Å². The van der Waals surface area contributed by atoms with Gasteiger partial charge in [-0.15, -0.1) is 0 Å². The Hall–Kier alpha value is -2.68. The number of nitrogens with one attached hydrogen (secondary N) is 1. The van der Waals surface area contributed by atoms with Crippen molar-refractivity contribution in [1.82, 2.24) is 9.21 Å². The van der Waals surface area contributed by atoms with Crippen molar-refractivity contribution in [2.75, 3.05) is 18.4 Å². The minimum atomic E-state index is -3.70. The Balaban J connectivity index is 1.86. The van der Waals surface area contributed by atoms with Gasteiger partial charge in [0.15, 0.2) is 0 Å². The Morgan fingerprint density at radius 1 is 1.12 bits per heavy atom. The zero-order valence-corrected chi connectivity index (χ0v) is 19.8. The predicted molar refractivity (Wildman–Crippen MR) is 126 cm³/mol. The summed E-state index contributed by atoms with van der Waals surface area (Å²) < 4.78 is 27.0. The lowest BCUT2D eigenvalue weighted by Gasteiger charge is -2.32. The van der Waals surface area contributed by atoms with E-state index in [0.29, 0.717) is 13.1 Å². The molecule has 0 fully saturated rings. The van der Waals surface area contributed by atoms with E-state index in [1.165, 1.54) is 34.3 Å². The van der Waals surface area contributed by atoms with Crippen LogP contribution in [0.15, 0.2) is 53.6 Å². The maximum atomic E-state index is 12.9. The summed E-state index contributed by atoms with van der Waals surface area (Å²) in [6, 6.07) is 11.3. The van der Waals surface area contributed by atoms with Gasteiger partial charge in [0, 0.05) is 26.2 Å². The molecule has 9 heteroatoms. The molecule has 0 aliphatic carbocycles. The highest BCUT2D eigenvalue weighted by Gasteiger charge is 2.29. The van der Waals surface area contributed by atoms with E-state index in [9.17, 15) is 18.0 Å². The highest BCUT2D eigenvalue weighted by molar-refractivity contribution is 7.89. The van der Waals surface area contributed by atoms with Gasteiger partial charge in [-0.25, -0.2) is 8.42 Å². The van der Waals surface area contributed by atoms with E-state index in [2.05, 4.69) is 5.32 Å². The summed E-state index contributed by atoms with van der Waals surface area (Å²) in [7, 11) is -3.70. The molecular weight excluding hydrogens is 450 g/mol. The van der Waals surface area contributed by atoms with Gasteiger partial charge in [0.25, 0.3) is 0 Å². The summed E-state index contributed by atoms with van der Waals surface area (Å²) in [4.78, 5) is 26.6. The number of benzene rings is 2. The second kappa shape index (κ2) is 9.85. The van der Waals surface area contributed by atoms with Gasteiger partial charge in [0.2, 0.25) is 21.8 Å². The van der Waals surface area contributed by atoms with Gasteiger partial charge in [-0.2, -0.15) is 4.31 Å². The Kier molecular flexibility index (Phi) is 7.38. The summed E-state index contributed by atoms with van der Waals surface area (Å²) in [5.41, 5.74) is 2.01. The third-order valence-electron chi connectivity index (χ3n) is 5.40. The Labute approximate surface area is 193 Å². The van der Waals surface area contributed by atoms with Crippen molar-refractivity contribution in [1.29, 1.82) is 0 Å². The number of carbonyl (C=O) groups excluding carboxylic acids is 2. The average molecular weight is 476 g/mol. The van der Waals surface area contributed by atoms with Gasteiger partial charge in [-0.1, -0.05) is 49.7 Å². The molecule has 2 aromatic rings. The van der Waals surface area contributed by atoms with Gasteiger partial charge < -0.3 is 10.2 Å². The van der Waals surface area contributed by atoms with Crippen LogP contribution in [0.4, 0.5) is 5.69 Å². The molecule has 2 aromatic carbocycles. The number of fused-ring (bicyclic) bond motifs is 1. The van der Waals surface area contributed by atoms with E-state index in [4.69, 9.17) is 11.6 Å². The fourth-order valence-electron chi connectivity index (χ4n) is 3.76. The number of hydrogen-bond donors (Lipinski definition) is 1. The molecule has 0 aromatic heterocycles. The largest absolute Gasteiger partial charge is 0.325 e. The fraction of sp³-hybridized carbons (Fsp3) is 0.304. The first kappa shape index (κ1) is 24.0. The Bertz CT molecular complexity index is 1160. The van der Waals surface area contributed by atoms with Gasteiger partial charge >= 0.3 is 0 Å². The molecule has 1 heterocycles. The summed E-state index contributed by atoms with van der Waals surface area (Å²) in [6.45, 7) is 5.63. The molecule has 170 valence electrons. The molecule has 1 aliphatic rings. The van der Waals surface area contributed by atoms with Crippen molar-refractivity contribution in [3.63, 3.8) is 0 Å². The van der Waals surface area contributed by atoms with Crippen LogP contribution in [0.2, 0.25) is 5.02 Å². The van der Waals surface area contributed by atoms with Gasteiger partial charge in [0.05, 0.1) is 28.1 Å². The SMILES string of the molecule is CCN(CC)S(=O)(=O)c1ccc(Cl)c(NC(=O)CC2c3ccccc3C=CN2C(C)=O)c1. The number of carbonyl (C=O) groups is 2. The van der Waals surface area contributed by atoms with E-state index in [1.807, 2.05) is 30.3 Å². The number of amides is 2. The van der Waals surface area contributed by atoms with Crippen molar-refractivity contribution < 1.29 is 18.0 Å². The van der Waals surface area contributed by atoms with Gasteiger partial charge in [-0.05, 0) is 35.4 Å². The summed E-state index contributed by atoms with van der Waals surface area (Å²) in [5.74, 6) is -0.565. The fourth-order valence-corrected chi connectivity index (χ4v) is 5.41. The van der Waals surface area contributed by atoms with Crippen LogP contribution in [-0.2, 0) is 19.6 Å². The lowest BCUT2D eigenvalue weighted by Crippen LogP contribution is -2.33. The molecule has 7 nitrogen and oxygen atoms in total. The Morgan fingerprint density at radius 2 is 1.81 bits per heavy atom. The van der Waals surface area contributed by atoms with Crippen LogP contribution < -0.4 is 5.32 Å². The summed E-state index contributed by atoms with van der Waals surface area (Å²) in [5, 5.41) is 2.95. The van der Waals surface area contributed by atoms with Crippen LogP contribution >= 0.6 is 11.6 Å². The zero-order valence-electron chi connectivity index (χ0n) is 18.2. The van der Waals surface area contributed by atoms with E-state index in [0.717, 1.165) is 11.1 Å². The number of hydrogen-bond acceptors (Lipinski definition) is 4. The van der Waals surface area contributed by atoms with Crippen LogP contribution in [0, 0.1) is 0 Å². The van der Waals surface area contributed by atoms with E-state index >= 15 is 0 Å². The Morgan fingerprint density at radius 3 is 2.47 bits per heavy atom. The first-order valence-corrected chi connectivity index (χ1v) is 12.2. The van der Waals surface area contributed by atoms with Crippen molar-refractivity contribution in [3.8, 4) is 0 Å². The van der Waals surface area contributed by atoms with Crippen LogP contribution in [-0.4, -0.2) is 42.5 Å². The van der Waals surface area contributed by atoms with E-state index in [1.54, 1.807) is 20.0 Å². The normalized spacial score (nSPS) is 15.5. The standard InChI is InChI=1S/C23H26ClN3O4S/c1-4-26(5-2)32(30,31)18-10-11-20(24)21(14-18)25-23(29)15-22-19-9-7-6-8-17(19)12-13-27(22)16(3)28/h6-14,22H,4-5,15H2,1-3H3,(H,25,29). The lowest BCUT2D eigenvalue weighted by atomic mass is 9.93. The predicted octanol–water partition coefficient (Wildman–Crippen LogP) is 4.27. The number of sulfonamides is 1. The molecule has 1 N–H and O–H groups in total. The van der Waals surface area contributed by atoms with Crippen molar-refractivity contribution in [2.45, 2.75) is 38.1 Å². The molecule has 1 atom stereocenters. The molecule has 0 bridgehead atoms. The van der Waals surface area contributed by atoms with E-state index in [-0.39, 0.29) is 33.8 Å². The maximum Gasteiger partial charge on any atom is 0.243 e. The molecule has 32 heavy (non-hydrogen) atoms. The minimum absolute atomic E-state index is 0.00964. The lowest BCUT2D eigenvalue weighted by molar-refractivity contribution is -0.129. The van der Waals surface area contributed by atoms with E-state index < -0.39 is 16.1 Å². The van der Waals surface area contributed by atoms with Gasteiger partial charge in [-0.3, -0.25) is 9.59 Å². The monoisotopic (exact) mass is 475 g/mol. The molecule has 0 saturated heterocycles. The number of anilines is 1. The molecular formula is C23H26ClN3O4S. The smallest absolute Gasteiger partial charge is 0.243 e. The van der Waals surface area contributed by atoms with Crippen LogP contribution in [0.3, 0.4) is 0 Å². The molecule has 1 unspecified atom stereocenters. The topological polar surface area (TPSA) is 86.8 Å². The van der Waals surface area contributed by atoms with Crippen LogP contribution in [0.5, 0.6) is 0 Å². The average Bonchev–Trinajstić information content (AvgIpc) is 2.75. The quantitative estimate of drug-likeness (QED) is 0.647. The first-order valence-electron chi connectivity index (χ1n) is 10.3. The van der Waals surface area contributed by atoms with Gasteiger partial charge in [0.1, 0.15) is 0 Å². The molecule has 0 saturated carbocycles. The highest BCUT2D eigenvalue weighted by Crippen LogP contribution is 2.34. The molecule has 1 aliphatic heterocycles. The number of rotatable bonds is 7. The third kappa shape index (κ3) is 4.87. The zero-order chi connectivity index (χ0) is 23.5. The highest BCUT2D eigenvalue weighted by atomic mass is 35.5. The molecule has 0 radical (unpaired) electrons. The molecule has 2 amide bonds. The van der Waals surface area contributed by atoms with Crippen LogP contribution in [0.1, 0.15) is 44.4 Å². The second-order valence-corrected chi connectivity index (χ2v) is 9.72. The van der Waals surface area contributed by atoms with Crippen molar-refractivity contribution in [2.24, 2.45) is 0 Å². The maximum absolute atomic E-state index is 12.9. The third-order valence-corrected chi connectivity index (χ3v) is 7.78. The molecule has 3 rings (SSSR count). The second-order valence-electron chi connectivity index (χ2n) is 7.37. The number of halogens is 1. The van der Waals surface area contributed by atoms with Crippen molar-refractivity contribution >= 4 is 45.2 Å². The minimum Gasteiger partial charge on any atom is -0.325 e. The van der Waals surface area contributed by atoms with Crippen molar-refractivity contribution in [3.05, 3.63) is 64.8 Å². The molecule has 0 spiro atoms. The first-order chi connectivity index (χ1) is 15.2. The number of nitrogens with zero attached hydrogens (tertiary/aromatic N) is 2.